The highest BCUT2D eigenvalue weighted by Gasteiger charge is 2.46. The highest BCUT2D eigenvalue weighted by molar-refractivity contribution is 5.91. The van der Waals surface area contributed by atoms with Crippen LogP contribution in [0.1, 0.15) is 41.4 Å². The van der Waals surface area contributed by atoms with E-state index in [0.29, 0.717) is 24.8 Å². The zero-order valence-corrected chi connectivity index (χ0v) is 21.0. The maximum Gasteiger partial charge on any atom is 0.328 e. The van der Waals surface area contributed by atoms with Crippen LogP contribution in [0.5, 0.6) is 0 Å². The van der Waals surface area contributed by atoms with Gasteiger partial charge in [-0.15, -0.1) is 0 Å². The largest absolute Gasteiger partial charge is 0.467 e. The molecule has 5 rings (SSSR count). The van der Waals surface area contributed by atoms with Gasteiger partial charge in [-0.2, -0.15) is 0 Å². The number of amides is 1. The van der Waals surface area contributed by atoms with Crippen LogP contribution in [0.15, 0.2) is 91.0 Å². The van der Waals surface area contributed by atoms with E-state index in [1.54, 1.807) is 4.90 Å². The van der Waals surface area contributed by atoms with Crippen molar-refractivity contribution >= 4 is 11.9 Å². The van der Waals surface area contributed by atoms with E-state index in [1.165, 1.54) is 19.1 Å². The zero-order chi connectivity index (χ0) is 25.1. The monoisotopic (exact) mass is 482 g/mol. The first kappa shape index (κ1) is 24.3. The van der Waals surface area contributed by atoms with Crippen LogP contribution in [-0.2, 0) is 14.3 Å². The molecule has 0 N–H and O–H groups in total. The van der Waals surface area contributed by atoms with E-state index in [1.807, 2.05) is 60.7 Å². The highest BCUT2D eigenvalue weighted by Crippen LogP contribution is 2.48. The Morgan fingerprint density at radius 2 is 1.44 bits per heavy atom. The molecule has 1 saturated carbocycles. The van der Waals surface area contributed by atoms with Gasteiger partial charge in [0.25, 0.3) is 0 Å². The summed E-state index contributed by atoms with van der Waals surface area (Å²) in [6, 6.07) is 29.9. The summed E-state index contributed by atoms with van der Waals surface area (Å²) in [7, 11) is 3.53. The first-order chi connectivity index (χ1) is 17.6. The SMILES string of the molecule is COC(=O)[C@@H]1C[C@H](N(C)C[C@H]2C[C@@H]2c2ccccc2)CN1C(=O)C(c1ccccc1)c1ccccc1. The molecular formula is C31H34N2O3. The van der Waals surface area contributed by atoms with Crippen LogP contribution in [0.25, 0.3) is 0 Å². The van der Waals surface area contributed by atoms with Crippen LogP contribution < -0.4 is 0 Å². The van der Waals surface area contributed by atoms with Gasteiger partial charge in [0.1, 0.15) is 6.04 Å². The predicted molar refractivity (Wildman–Crippen MR) is 141 cm³/mol. The molecule has 3 aromatic carbocycles. The Morgan fingerprint density at radius 3 is 2.00 bits per heavy atom. The number of carbonyl (C=O) groups excluding carboxylic acids is 2. The van der Waals surface area contributed by atoms with Crippen LogP contribution in [0.2, 0.25) is 0 Å². The molecule has 0 bridgehead atoms. The number of methoxy groups -OCH3 is 1. The van der Waals surface area contributed by atoms with Gasteiger partial charge >= 0.3 is 5.97 Å². The number of nitrogens with zero attached hydrogens (tertiary/aromatic N) is 2. The van der Waals surface area contributed by atoms with Gasteiger partial charge in [0.2, 0.25) is 5.91 Å². The third-order valence-corrected chi connectivity index (χ3v) is 7.84. The number of rotatable bonds is 8. The van der Waals surface area contributed by atoms with Crippen molar-refractivity contribution in [3.8, 4) is 0 Å². The molecule has 1 aliphatic carbocycles. The van der Waals surface area contributed by atoms with Crippen molar-refractivity contribution < 1.29 is 14.3 Å². The van der Waals surface area contributed by atoms with Crippen molar-refractivity contribution in [1.82, 2.24) is 9.80 Å². The maximum atomic E-state index is 14.1. The molecule has 5 nitrogen and oxygen atoms in total. The molecule has 0 radical (unpaired) electrons. The van der Waals surface area contributed by atoms with Gasteiger partial charge in [-0.25, -0.2) is 4.79 Å². The standard InChI is InChI=1S/C31H34N2O3/c1-32(20-25-18-27(25)22-12-6-3-7-13-22)26-19-28(31(35)36-2)33(21-26)30(34)29(23-14-8-4-9-15-23)24-16-10-5-11-17-24/h3-17,25-29H,18-21H2,1-2H3/t25-,26+,27-,28+/m1/s1. The number of carbonyl (C=O) groups is 2. The molecule has 0 spiro atoms. The lowest BCUT2D eigenvalue weighted by Gasteiger charge is -2.29. The first-order valence-corrected chi connectivity index (χ1v) is 12.8. The Hall–Kier alpha value is -3.44. The minimum atomic E-state index is -0.575. The van der Waals surface area contributed by atoms with Crippen molar-refractivity contribution in [3.05, 3.63) is 108 Å². The minimum absolute atomic E-state index is 0.0488. The third-order valence-electron chi connectivity index (χ3n) is 7.84. The maximum absolute atomic E-state index is 14.1. The van der Waals surface area contributed by atoms with Crippen molar-refractivity contribution in [3.63, 3.8) is 0 Å². The molecule has 3 aromatic rings. The Bertz CT molecular complexity index is 1130. The van der Waals surface area contributed by atoms with E-state index in [-0.39, 0.29) is 17.9 Å². The van der Waals surface area contributed by atoms with E-state index < -0.39 is 12.0 Å². The van der Waals surface area contributed by atoms with E-state index in [4.69, 9.17) is 4.74 Å². The second-order valence-corrected chi connectivity index (χ2v) is 10.1. The molecule has 1 aliphatic heterocycles. The molecule has 4 atom stereocenters. The zero-order valence-electron chi connectivity index (χ0n) is 21.0. The topological polar surface area (TPSA) is 49.9 Å². The number of likely N-dealkylation sites (N-methyl/N-ethyl adjacent to an activating group) is 1. The Kier molecular flexibility index (Phi) is 7.19. The van der Waals surface area contributed by atoms with Gasteiger partial charge in [0, 0.05) is 19.1 Å². The van der Waals surface area contributed by atoms with Gasteiger partial charge in [0.15, 0.2) is 0 Å². The highest BCUT2D eigenvalue weighted by atomic mass is 16.5. The fraction of sp³-hybridized carbons (Fsp3) is 0.355. The number of hydrogen-bond acceptors (Lipinski definition) is 4. The van der Waals surface area contributed by atoms with E-state index in [0.717, 1.165) is 17.7 Å². The summed E-state index contributed by atoms with van der Waals surface area (Å²) in [5.74, 6) is 0.361. The number of ether oxygens (including phenoxy) is 1. The summed E-state index contributed by atoms with van der Waals surface area (Å²) in [5, 5.41) is 0. The summed E-state index contributed by atoms with van der Waals surface area (Å²) in [5.41, 5.74) is 3.26. The van der Waals surface area contributed by atoms with Crippen LogP contribution in [0.3, 0.4) is 0 Å². The first-order valence-electron chi connectivity index (χ1n) is 12.8. The van der Waals surface area contributed by atoms with Crippen molar-refractivity contribution in [2.24, 2.45) is 5.92 Å². The van der Waals surface area contributed by atoms with Crippen molar-refractivity contribution in [2.75, 3.05) is 27.2 Å². The van der Waals surface area contributed by atoms with Crippen molar-refractivity contribution in [2.45, 2.75) is 36.8 Å². The minimum Gasteiger partial charge on any atom is -0.467 e. The van der Waals surface area contributed by atoms with Crippen LogP contribution in [-0.4, -0.2) is 61.0 Å². The second-order valence-electron chi connectivity index (χ2n) is 10.1. The Morgan fingerprint density at radius 1 is 0.889 bits per heavy atom. The summed E-state index contributed by atoms with van der Waals surface area (Å²) < 4.78 is 5.15. The van der Waals surface area contributed by atoms with Gasteiger partial charge in [-0.05, 0) is 48.4 Å². The van der Waals surface area contributed by atoms with Gasteiger partial charge < -0.3 is 14.5 Å². The Balaban J connectivity index is 1.34. The molecule has 1 saturated heterocycles. The number of esters is 1. The fourth-order valence-electron chi connectivity index (χ4n) is 5.75. The fourth-order valence-corrected chi connectivity index (χ4v) is 5.75. The molecule has 2 aliphatic rings. The van der Waals surface area contributed by atoms with Gasteiger partial charge in [-0.3, -0.25) is 4.79 Å². The molecule has 1 heterocycles. The second kappa shape index (κ2) is 10.7. The summed E-state index contributed by atoms with van der Waals surface area (Å²) in [6.07, 6.45) is 1.78. The number of hydrogen-bond donors (Lipinski definition) is 0. The molecular weight excluding hydrogens is 448 g/mol. The Labute approximate surface area is 213 Å². The average molecular weight is 483 g/mol. The lowest BCUT2D eigenvalue weighted by Crippen LogP contribution is -2.44. The number of likely N-dealkylation sites (tertiary alicyclic amines) is 1. The van der Waals surface area contributed by atoms with Gasteiger partial charge in [-0.1, -0.05) is 91.0 Å². The normalized spacial score (nSPS) is 23.2. The summed E-state index contributed by atoms with van der Waals surface area (Å²) in [6.45, 7) is 1.48. The van der Waals surface area contributed by atoms with E-state index in [2.05, 4.69) is 42.3 Å². The molecule has 36 heavy (non-hydrogen) atoms. The van der Waals surface area contributed by atoms with E-state index >= 15 is 0 Å². The quantitative estimate of drug-likeness (QED) is 0.437. The number of benzene rings is 3. The lowest BCUT2D eigenvalue weighted by molar-refractivity contribution is -0.151. The smallest absolute Gasteiger partial charge is 0.328 e. The van der Waals surface area contributed by atoms with E-state index in [9.17, 15) is 9.59 Å². The molecule has 5 heteroatoms. The molecule has 0 aromatic heterocycles. The van der Waals surface area contributed by atoms with Crippen LogP contribution in [0.4, 0.5) is 0 Å². The van der Waals surface area contributed by atoms with Crippen LogP contribution >= 0.6 is 0 Å². The predicted octanol–water partition coefficient (Wildman–Crippen LogP) is 4.70. The summed E-state index contributed by atoms with van der Waals surface area (Å²) in [4.78, 5) is 31.1. The molecule has 0 unspecified atom stereocenters. The van der Waals surface area contributed by atoms with Crippen LogP contribution in [0, 0.1) is 5.92 Å². The summed E-state index contributed by atoms with van der Waals surface area (Å²) >= 11 is 0. The van der Waals surface area contributed by atoms with Gasteiger partial charge in [0.05, 0.1) is 13.0 Å². The molecule has 2 fully saturated rings. The lowest BCUT2D eigenvalue weighted by atomic mass is 9.90. The molecule has 1 amide bonds. The van der Waals surface area contributed by atoms with Crippen molar-refractivity contribution in [1.29, 1.82) is 0 Å². The third kappa shape index (κ3) is 5.07. The molecule has 186 valence electrons. The average Bonchev–Trinajstić information content (AvgIpc) is 3.54.